The molecule has 0 bridgehead atoms. The number of rotatable bonds is 3. The fourth-order valence-electron chi connectivity index (χ4n) is 2.77. The summed E-state index contributed by atoms with van der Waals surface area (Å²) in [6.07, 6.45) is 5.18. The number of anilines is 3. The molecule has 1 aromatic carbocycles. The van der Waals surface area contributed by atoms with Gasteiger partial charge in [-0.15, -0.1) is 5.10 Å². The van der Waals surface area contributed by atoms with Gasteiger partial charge in [0.25, 0.3) is 5.95 Å². The highest BCUT2D eigenvalue weighted by atomic mass is 15.4. The lowest BCUT2D eigenvalue weighted by Gasteiger charge is -2.22. The molecule has 1 atom stereocenters. The molecule has 0 saturated heterocycles. The summed E-state index contributed by atoms with van der Waals surface area (Å²) in [7, 11) is 0. The maximum atomic E-state index is 4.63. The van der Waals surface area contributed by atoms with Gasteiger partial charge in [-0.2, -0.15) is 10.1 Å². The summed E-state index contributed by atoms with van der Waals surface area (Å²) in [6.45, 7) is 2.20. The van der Waals surface area contributed by atoms with Gasteiger partial charge in [-0.05, 0) is 37.8 Å². The number of nitrogens with one attached hydrogen (secondary N) is 1. The Balaban J connectivity index is 1.69. The van der Waals surface area contributed by atoms with E-state index in [0.29, 0.717) is 18.0 Å². The summed E-state index contributed by atoms with van der Waals surface area (Å²) >= 11 is 0. The number of aromatic nitrogens is 3. The largest absolute Gasteiger partial charge is 0.366 e. The van der Waals surface area contributed by atoms with E-state index >= 15 is 0 Å². The maximum Gasteiger partial charge on any atom is 0.252 e. The zero-order valence-corrected chi connectivity index (χ0v) is 11.5. The second-order valence-corrected chi connectivity index (χ2v) is 5.61. The molecule has 0 amide bonds. The molecule has 1 aliphatic heterocycles. The second kappa shape index (κ2) is 4.44. The van der Waals surface area contributed by atoms with Crippen molar-refractivity contribution in [1.29, 1.82) is 0 Å². The number of para-hydroxylation sites is 1. The van der Waals surface area contributed by atoms with Gasteiger partial charge in [-0.3, -0.25) is 0 Å². The summed E-state index contributed by atoms with van der Waals surface area (Å²) < 4.78 is 0. The van der Waals surface area contributed by atoms with Crippen LogP contribution in [0.3, 0.4) is 0 Å². The molecule has 1 aliphatic carbocycles. The van der Waals surface area contributed by atoms with Gasteiger partial charge in [0, 0.05) is 17.8 Å². The van der Waals surface area contributed by atoms with E-state index in [1.807, 2.05) is 0 Å². The van der Waals surface area contributed by atoms with Gasteiger partial charge in [0.15, 0.2) is 5.82 Å². The van der Waals surface area contributed by atoms with Crippen LogP contribution in [0.1, 0.15) is 25.3 Å². The Labute approximate surface area is 118 Å². The smallest absolute Gasteiger partial charge is 0.252 e. The van der Waals surface area contributed by atoms with Crippen molar-refractivity contribution in [3.05, 3.63) is 36.0 Å². The molecule has 1 fully saturated rings. The minimum absolute atomic E-state index is 0.366. The SMILES string of the molecule is CC1Cc2ccccc2N1c1nncc(NC2CC2)n1. The van der Waals surface area contributed by atoms with Gasteiger partial charge in [0.05, 0.1) is 6.20 Å². The van der Waals surface area contributed by atoms with Gasteiger partial charge in [0.2, 0.25) is 0 Å². The van der Waals surface area contributed by atoms with Crippen molar-refractivity contribution in [1.82, 2.24) is 15.2 Å². The van der Waals surface area contributed by atoms with Crippen LogP contribution in [0.4, 0.5) is 17.5 Å². The highest BCUT2D eigenvalue weighted by molar-refractivity contribution is 5.67. The molecule has 0 radical (unpaired) electrons. The Morgan fingerprint density at radius 1 is 1.25 bits per heavy atom. The van der Waals surface area contributed by atoms with Crippen molar-refractivity contribution >= 4 is 17.5 Å². The van der Waals surface area contributed by atoms with Gasteiger partial charge in [-0.25, -0.2) is 0 Å². The van der Waals surface area contributed by atoms with Crippen LogP contribution in [0.5, 0.6) is 0 Å². The Morgan fingerprint density at radius 3 is 2.95 bits per heavy atom. The summed E-state index contributed by atoms with van der Waals surface area (Å²) in [4.78, 5) is 6.81. The summed E-state index contributed by atoms with van der Waals surface area (Å²) in [5.74, 6) is 1.52. The highest BCUT2D eigenvalue weighted by Crippen LogP contribution is 2.36. The van der Waals surface area contributed by atoms with Crippen molar-refractivity contribution < 1.29 is 0 Å². The van der Waals surface area contributed by atoms with E-state index < -0.39 is 0 Å². The van der Waals surface area contributed by atoms with E-state index in [2.05, 4.69) is 56.6 Å². The normalized spacial score (nSPS) is 20.9. The van der Waals surface area contributed by atoms with Crippen molar-refractivity contribution in [2.24, 2.45) is 0 Å². The van der Waals surface area contributed by atoms with Crippen molar-refractivity contribution in [2.75, 3.05) is 10.2 Å². The molecule has 5 nitrogen and oxygen atoms in total. The number of hydrogen-bond donors (Lipinski definition) is 1. The third kappa shape index (κ3) is 1.99. The Kier molecular flexibility index (Phi) is 2.58. The van der Waals surface area contributed by atoms with E-state index in [0.717, 1.165) is 12.2 Å². The topological polar surface area (TPSA) is 53.9 Å². The van der Waals surface area contributed by atoms with E-state index in [1.54, 1.807) is 6.20 Å². The zero-order chi connectivity index (χ0) is 13.5. The summed E-state index contributed by atoms with van der Waals surface area (Å²) in [5.41, 5.74) is 2.55. The minimum atomic E-state index is 0.366. The third-order valence-corrected chi connectivity index (χ3v) is 3.90. The first-order valence-electron chi connectivity index (χ1n) is 7.14. The first-order chi connectivity index (χ1) is 9.81. The number of benzene rings is 1. The van der Waals surface area contributed by atoms with Gasteiger partial charge in [-0.1, -0.05) is 18.2 Å². The molecule has 5 heteroatoms. The second-order valence-electron chi connectivity index (χ2n) is 5.61. The first-order valence-corrected chi connectivity index (χ1v) is 7.14. The Morgan fingerprint density at radius 2 is 2.10 bits per heavy atom. The molecule has 1 unspecified atom stereocenters. The van der Waals surface area contributed by atoms with Crippen LogP contribution in [0.2, 0.25) is 0 Å². The lowest BCUT2D eigenvalue weighted by atomic mass is 10.1. The molecule has 1 saturated carbocycles. The highest BCUT2D eigenvalue weighted by Gasteiger charge is 2.29. The van der Waals surface area contributed by atoms with Crippen molar-refractivity contribution in [2.45, 2.75) is 38.3 Å². The molecule has 1 N–H and O–H groups in total. The third-order valence-electron chi connectivity index (χ3n) is 3.90. The summed E-state index contributed by atoms with van der Waals surface area (Å²) in [6, 6.07) is 9.38. The summed E-state index contributed by atoms with van der Waals surface area (Å²) in [5, 5.41) is 11.7. The average molecular weight is 267 g/mol. The van der Waals surface area contributed by atoms with Crippen molar-refractivity contribution in [3.63, 3.8) is 0 Å². The van der Waals surface area contributed by atoms with Crippen LogP contribution in [0.15, 0.2) is 30.5 Å². The molecule has 0 spiro atoms. The van der Waals surface area contributed by atoms with Gasteiger partial charge >= 0.3 is 0 Å². The van der Waals surface area contributed by atoms with Crippen molar-refractivity contribution in [3.8, 4) is 0 Å². The molecule has 2 aliphatic rings. The lowest BCUT2D eigenvalue weighted by Crippen LogP contribution is -2.26. The minimum Gasteiger partial charge on any atom is -0.366 e. The monoisotopic (exact) mass is 267 g/mol. The van der Waals surface area contributed by atoms with E-state index in [1.165, 1.54) is 24.1 Å². The standard InChI is InChI=1S/C15H17N5/c1-10-8-11-4-2-3-5-13(11)20(10)15-18-14(9-16-19-15)17-12-6-7-12/h2-5,9-10,12H,6-8H2,1H3,(H,17,18,19). The average Bonchev–Trinajstić information content (AvgIpc) is 3.19. The Bertz CT molecular complexity index is 638. The number of hydrogen-bond acceptors (Lipinski definition) is 5. The number of nitrogens with zero attached hydrogens (tertiary/aromatic N) is 4. The van der Waals surface area contributed by atoms with Crippen LogP contribution in [-0.2, 0) is 6.42 Å². The van der Waals surface area contributed by atoms with Crippen LogP contribution in [0, 0.1) is 0 Å². The molecular formula is C15H17N5. The van der Waals surface area contributed by atoms with Crippen LogP contribution < -0.4 is 10.2 Å². The molecule has 102 valence electrons. The predicted octanol–water partition coefficient (Wildman–Crippen LogP) is 2.53. The van der Waals surface area contributed by atoms with E-state index in [-0.39, 0.29) is 0 Å². The molecule has 2 aromatic rings. The number of fused-ring (bicyclic) bond motifs is 1. The fourth-order valence-corrected chi connectivity index (χ4v) is 2.77. The first kappa shape index (κ1) is 11.6. The molecule has 2 heterocycles. The van der Waals surface area contributed by atoms with Crippen LogP contribution >= 0.6 is 0 Å². The molecule has 1 aromatic heterocycles. The molecular weight excluding hydrogens is 250 g/mol. The van der Waals surface area contributed by atoms with Crippen LogP contribution in [-0.4, -0.2) is 27.3 Å². The molecule has 4 rings (SSSR count). The van der Waals surface area contributed by atoms with Crippen LogP contribution in [0.25, 0.3) is 0 Å². The van der Waals surface area contributed by atoms with E-state index in [9.17, 15) is 0 Å². The fraction of sp³-hybridized carbons (Fsp3) is 0.400. The predicted molar refractivity (Wildman–Crippen MR) is 78.2 cm³/mol. The molecule has 20 heavy (non-hydrogen) atoms. The zero-order valence-electron chi connectivity index (χ0n) is 11.5. The van der Waals surface area contributed by atoms with Gasteiger partial charge in [0.1, 0.15) is 0 Å². The quantitative estimate of drug-likeness (QED) is 0.926. The Hall–Kier alpha value is -2.17. The van der Waals surface area contributed by atoms with Gasteiger partial charge < -0.3 is 10.2 Å². The lowest BCUT2D eigenvalue weighted by molar-refractivity contribution is 0.729. The maximum absolute atomic E-state index is 4.63. The van der Waals surface area contributed by atoms with E-state index in [4.69, 9.17) is 0 Å².